The van der Waals surface area contributed by atoms with Crippen molar-refractivity contribution in [2.75, 3.05) is 7.11 Å². The number of fused-ring (bicyclic) bond motifs is 3. The second kappa shape index (κ2) is 7.88. The molecule has 3 nitrogen and oxygen atoms in total. The summed E-state index contributed by atoms with van der Waals surface area (Å²) in [5.41, 5.74) is 6.57. The SMILES string of the molecule is COC(=O)c1ccc2cc(-c3ccc(O)c(C4=C(C)C5CCCC(C4)C5)c3)ccc2c1. The third-order valence-corrected chi connectivity index (χ3v) is 7.28. The van der Waals surface area contributed by atoms with E-state index in [1.807, 2.05) is 30.3 Å². The number of allylic oxidation sites excluding steroid dienone is 2. The summed E-state index contributed by atoms with van der Waals surface area (Å²) in [6.07, 6.45) is 6.32. The summed E-state index contributed by atoms with van der Waals surface area (Å²) >= 11 is 0. The number of hydrogen-bond acceptors (Lipinski definition) is 3. The Balaban J connectivity index is 1.54. The van der Waals surface area contributed by atoms with Gasteiger partial charge in [-0.15, -0.1) is 0 Å². The number of hydrogen-bond donors (Lipinski definition) is 1. The van der Waals surface area contributed by atoms with Crippen molar-refractivity contribution in [3.8, 4) is 16.9 Å². The molecular weight excluding hydrogens is 384 g/mol. The first-order valence-electron chi connectivity index (χ1n) is 11.2. The minimum absolute atomic E-state index is 0.324. The van der Waals surface area contributed by atoms with Gasteiger partial charge in [-0.05, 0) is 95.8 Å². The largest absolute Gasteiger partial charge is 0.507 e. The second-order valence-electron chi connectivity index (χ2n) is 9.10. The maximum absolute atomic E-state index is 11.8. The Kier molecular flexibility index (Phi) is 5.05. The second-order valence-corrected chi connectivity index (χ2v) is 9.10. The molecule has 0 aliphatic heterocycles. The maximum Gasteiger partial charge on any atom is 0.337 e. The molecule has 2 atom stereocenters. The van der Waals surface area contributed by atoms with Crippen molar-refractivity contribution in [3.63, 3.8) is 0 Å². The van der Waals surface area contributed by atoms with Crippen LogP contribution in [0.1, 0.15) is 54.9 Å². The third-order valence-electron chi connectivity index (χ3n) is 7.28. The van der Waals surface area contributed by atoms with E-state index in [-0.39, 0.29) is 5.97 Å². The van der Waals surface area contributed by atoms with Gasteiger partial charge >= 0.3 is 5.97 Å². The highest BCUT2D eigenvalue weighted by Gasteiger charge is 2.31. The summed E-state index contributed by atoms with van der Waals surface area (Å²) in [6, 6.07) is 17.9. The van der Waals surface area contributed by atoms with Crippen molar-refractivity contribution in [2.24, 2.45) is 11.8 Å². The number of esters is 1. The van der Waals surface area contributed by atoms with Crippen LogP contribution in [0.15, 0.2) is 60.2 Å². The average molecular weight is 413 g/mol. The zero-order chi connectivity index (χ0) is 21.5. The van der Waals surface area contributed by atoms with Crippen LogP contribution in [-0.2, 0) is 4.74 Å². The minimum atomic E-state index is -0.324. The van der Waals surface area contributed by atoms with Gasteiger partial charge in [-0.3, -0.25) is 0 Å². The lowest BCUT2D eigenvalue weighted by Crippen LogP contribution is -2.22. The number of methoxy groups -OCH3 is 1. The Morgan fingerprint density at radius 1 is 0.968 bits per heavy atom. The fourth-order valence-electron chi connectivity index (χ4n) is 5.52. The van der Waals surface area contributed by atoms with Crippen LogP contribution in [0.3, 0.4) is 0 Å². The summed E-state index contributed by atoms with van der Waals surface area (Å²) in [5.74, 6) is 1.48. The molecule has 2 aliphatic rings. The molecule has 3 aromatic carbocycles. The predicted molar refractivity (Wildman–Crippen MR) is 125 cm³/mol. The van der Waals surface area contributed by atoms with E-state index < -0.39 is 0 Å². The van der Waals surface area contributed by atoms with Gasteiger partial charge < -0.3 is 9.84 Å². The first kappa shape index (κ1) is 19.9. The zero-order valence-corrected chi connectivity index (χ0v) is 18.2. The van der Waals surface area contributed by atoms with Gasteiger partial charge in [-0.1, -0.05) is 42.7 Å². The lowest BCUT2D eigenvalue weighted by Gasteiger charge is -2.37. The van der Waals surface area contributed by atoms with Crippen molar-refractivity contribution >= 4 is 22.3 Å². The topological polar surface area (TPSA) is 46.5 Å². The van der Waals surface area contributed by atoms with E-state index in [0.717, 1.165) is 39.8 Å². The van der Waals surface area contributed by atoms with E-state index in [0.29, 0.717) is 17.2 Å². The molecule has 1 N–H and O–H groups in total. The molecule has 0 radical (unpaired) electrons. The highest BCUT2D eigenvalue weighted by atomic mass is 16.5. The molecule has 31 heavy (non-hydrogen) atoms. The fourth-order valence-corrected chi connectivity index (χ4v) is 5.52. The Bertz CT molecular complexity index is 1200. The molecule has 0 spiro atoms. The van der Waals surface area contributed by atoms with E-state index in [4.69, 9.17) is 4.74 Å². The summed E-state index contributed by atoms with van der Waals surface area (Å²) < 4.78 is 4.83. The van der Waals surface area contributed by atoms with Gasteiger partial charge in [0.2, 0.25) is 0 Å². The lowest BCUT2D eigenvalue weighted by atomic mass is 9.68. The maximum atomic E-state index is 11.8. The van der Waals surface area contributed by atoms with Crippen LogP contribution in [0.5, 0.6) is 5.75 Å². The first-order chi connectivity index (χ1) is 15.0. The number of benzene rings is 3. The molecule has 2 unspecified atom stereocenters. The van der Waals surface area contributed by atoms with Crippen LogP contribution in [0.4, 0.5) is 0 Å². The smallest absolute Gasteiger partial charge is 0.337 e. The van der Waals surface area contributed by atoms with Gasteiger partial charge in [0.15, 0.2) is 0 Å². The third kappa shape index (κ3) is 3.63. The van der Waals surface area contributed by atoms with Crippen molar-refractivity contribution in [2.45, 2.75) is 39.0 Å². The molecule has 158 valence electrons. The van der Waals surface area contributed by atoms with Gasteiger partial charge in [0.25, 0.3) is 0 Å². The van der Waals surface area contributed by atoms with Crippen LogP contribution in [0, 0.1) is 11.8 Å². The van der Waals surface area contributed by atoms with Crippen LogP contribution in [0.2, 0.25) is 0 Å². The van der Waals surface area contributed by atoms with Gasteiger partial charge in [0.1, 0.15) is 5.75 Å². The molecule has 5 rings (SSSR count). The van der Waals surface area contributed by atoms with Crippen molar-refractivity contribution in [1.29, 1.82) is 0 Å². The molecule has 1 fully saturated rings. The normalized spacial score (nSPS) is 20.7. The number of carbonyl (C=O) groups excluding carboxylic acids is 1. The van der Waals surface area contributed by atoms with Gasteiger partial charge in [0, 0.05) is 5.56 Å². The first-order valence-corrected chi connectivity index (χ1v) is 11.2. The summed E-state index contributed by atoms with van der Waals surface area (Å²) in [6.45, 7) is 2.27. The monoisotopic (exact) mass is 412 g/mol. The highest BCUT2D eigenvalue weighted by molar-refractivity contribution is 5.96. The van der Waals surface area contributed by atoms with E-state index in [2.05, 4.69) is 25.1 Å². The molecule has 0 saturated heterocycles. The standard InChI is InChI=1S/C28H28O3/c1-17-19-5-3-4-18(12-19)13-25(17)26-16-23(10-11-27(26)29)21-6-7-22-15-24(28(30)31-2)9-8-20(22)14-21/h6-11,14-16,18-19,29H,3-5,12-13H2,1-2H3. The van der Waals surface area contributed by atoms with E-state index >= 15 is 0 Å². The van der Waals surface area contributed by atoms with Crippen molar-refractivity contribution in [1.82, 2.24) is 0 Å². The summed E-state index contributed by atoms with van der Waals surface area (Å²) in [5, 5.41) is 12.8. The van der Waals surface area contributed by atoms with Crippen LogP contribution in [0.25, 0.3) is 27.5 Å². The van der Waals surface area contributed by atoms with E-state index in [9.17, 15) is 9.90 Å². The van der Waals surface area contributed by atoms with E-state index in [1.165, 1.54) is 43.9 Å². The minimum Gasteiger partial charge on any atom is -0.507 e. The Morgan fingerprint density at radius 2 is 1.71 bits per heavy atom. The van der Waals surface area contributed by atoms with Gasteiger partial charge in [-0.25, -0.2) is 4.79 Å². The Labute approximate surface area is 183 Å². The molecule has 0 heterocycles. The molecular formula is C28H28O3. The molecule has 2 bridgehead atoms. The number of rotatable bonds is 3. The number of carbonyl (C=O) groups is 1. The van der Waals surface area contributed by atoms with Crippen LogP contribution in [-0.4, -0.2) is 18.2 Å². The molecule has 3 aromatic rings. The molecule has 2 aliphatic carbocycles. The highest BCUT2D eigenvalue weighted by Crippen LogP contribution is 2.48. The predicted octanol–water partition coefficient (Wildman–Crippen LogP) is 6.98. The van der Waals surface area contributed by atoms with Gasteiger partial charge in [0.05, 0.1) is 12.7 Å². The number of phenols is 1. The number of ether oxygens (including phenoxy) is 1. The zero-order valence-electron chi connectivity index (χ0n) is 18.2. The van der Waals surface area contributed by atoms with E-state index in [1.54, 1.807) is 6.07 Å². The molecule has 0 aromatic heterocycles. The number of phenolic OH excluding ortho intramolecular Hbond substituents is 1. The summed E-state index contributed by atoms with van der Waals surface area (Å²) in [4.78, 5) is 11.8. The number of aromatic hydroxyl groups is 1. The van der Waals surface area contributed by atoms with Crippen LogP contribution >= 0.6 is 0 Å². The van der Waals surface area contributed by atoms with Crippen LogP contribution < -0.4 is 0 Å². The molecule has 0 amide bonds. The molecule has 1 saturated carbocycles. The summed E-state index contributed by atoms with van der Waals surface area (Å²) in [7, 11) is 1.40. The van der Waals surface area contributed by atoms with Crippen molar-refractivity contribution in [3.05, 3.63) is 71.3 Å². The average Bonchev–Trinajstić information content (AvgIpc) is 2.81. The van der Waals surface area contributed by atoms with Crippen molar-refractivity contribution < 1.29 is 14.6 Å². The van der Waals surface area contributed by atoms with Gasteiger partial charge in [-0.2, -0.15) is 0 Å². The fraction of sp³-hybridized carbons (Fsp3) is 0.321. The molecule has 3 heteroatoms. The lowest BCUT2D eigenvalue weighted by molar-refractivity contribution is 0.0601. The quantitative estimate of drug-likeness (QED) is 0.472. The Morgan fingerprint density at radius 3 is 2.55 bits per heavy atom. The Hall–Kier alpha value is -3.07.